The van der Waals surface area contributed by atoms with E-state index in [0.717, 1.165) is 13.0 Å². The summed E-state index contributed by atoms with van der Waals surface area (Å²) in [6, 6.07) is 5.89. The van der Waals surface area contributed by atoms with Gasteiger partial charge in [-0.05, 0) is 55.2 Å². The maximum absolute atomic E-state index is 12.9. The van der Waals surface area contributed by atoms with Crippen LogP contribution in [0.2, 0.25) is 0 Å². The summed E-state index contributed by atoms with van der Waals surface area (Å²) >= 11 is 1.82. The molecular weight excluding hydrogens is 376 g/mol. The van der Waals surface area contributed by atoms with Crippen LogP contribution in [0, 0.1) is 5.92 Å². The molecular formula is C21H22N2O4S. The van der Waals surface area contributed by atoms with Crippen LogP contribution in [-0.4, -0.2) is 36.5 Å². The number of nitrogens with one attached hydrogen (secondary N) is 1. The molecule has 0 saturated heterocycles. The van der Waals surface area contributed by atoms with Crippen molar-refractivity contribution in [3.63, 3.8) is 0 Å². The number of fused-ring (bicyclic) bond motifs is 2. The molecule has 1 aromatic carbocycles. The van der Waals surface area contributed by atoms with Crippen LogP contribution >= 0.6 is 11.3 Å². The Morgan fingerprint density at radius 3 is 2.79 bits per heavy atom. The van der Waals surface area contributed by atoms with E-state index in [2.05, 4.69) is 21.7 Å². The van der Waals surface area contributed by atoms with Crippen molar-refractivity contribution < 1.29 is 19.1 Å². The van der Waals surface area contributed by atoms with Gasteiger partial charge in [0, 0.05) is 29.1 Å². The van der Waals surface area contributed by atoms with Crippen LogP contribution in [-0.2, 0) is 11.2 Å². The molecule has 1 fully saturated rings. The van der Waals surface area contributed by atoms with Gasteiger partial charge in [0.2, 0.25) is 12.7 Å². The fraction of sp³-hybridized carbons (Fsp3) is 0.429. The summed E-state index contributed by atoms with van der Waals surface area (Å²) in [5.41, 5.74) is 2.33. The molecule has 2 aromatic rings. The number of benzene rings is 1. The molecule has 7 heteroatoms. The van der Waals surface area contributed by atoms with Crippen molar-refractivity contribution in [1.82, 2.24) is 4.90 Å². The maximum Gasteiger partial charge on any atom is 0.238 e. The molecule has 0 unspecified atom stereocenters. The number of Topliss-reactive ketones (excluding diaryl/α,β-unsaturated/α-hetero) is 1. The highest BCUT2D eigenvalue weighted by molar-refractivity contribution is 7.10. The van der Waals surface area contributed by atoms with Crippen LogP contribution in [0.5, 0.6) is 11.5 Å². The lowest BCUT2D eigenvalue weighted by atomic mass is 9.96. The van der Waals surface area contributed by atoms with E-state index < -0.39 is 0 Å². The fourth-order valence-electron chi connectivity index (χ4n) is 4.25. The van der Waals surface area contributed by atoms with Crippen molar-refractivity contribution in [2.24, 2.45) is 5.92 Å². The smallest absolute Gasteiger partial charge is 0.238 e. The number of rotatable bonds is 5. The number of ether oxygens (including phenoxy) is 2. The highest BCUT2D eigenvalue weighted by Crippen LogP contribution is 2.48. The molecule has 3 aliphatic rings. The van der Waals surface area contributed by atoms with E-state index in [0.29, 0.717) is 41.3 Å². The minimum absolute atomic E-state index is 0.106. The van der Waals surface area contributed by atoms with Gasteiger partial charge in [-0.2, -0.15) is 0 Å². The predicted octanol–water partition coefficient (Wildman–Crippen LogP) is 3.63. The Morgan fingerprint density at radius 2 is 2.04 bits per heavy atom. The van der Waals surface area contributed by atoms with Crippen LogP contribution < -0.4 is 14.8 Å². The zero-order valence-corrected chi connectivity index (χ0v) is 16.5. The van der Waals surface area contributed by atoms with Gasteiger partial charge in [-0.1, -0.05) is 0 Å². The SMILES string of the molecule is CC(=O)c1cc2c(cc1NC(=O)CN1CCc3sccc3[C@H]1C1CC1)OCO2. The molecule has 1 amide bonds. The third-order valence-electron chi connectivity index (χ3n) is 5.70. The van der Waals surface area contributed by atoms with Gasteiger partial charge in [-0.15, -0.1) is 11.3 Å². The lowest BCUT2D eigenvalue weighted by Crippen LogP contribution is -2.41. The first-order chi connectivity index (χ1) is 13.6. The number of hydrogen-bond acceptors (Lipinski definition) is 6. The predicted molar refractivity (Wildman–Crippen MR) is 106 cm³/mol. The average molecular weight is 398 g/mol. The van der Waals surface area contributed by atoms with Crippen molar-refractivity contribution in [2.45, 2.75) is 32.2 Å². The second kappa shape index (κ2) is 6.90. The van der Waals surface area contributed by atoms with Crippen molar-refractivity contribution >= 4 is 28.7 Å². The van der Waals surface area contributed by atoms with E-state index in [9.17, 15) is 9.59 Å². The summed E-state index contributed by atoms with van der Waals surface area (Å²) in [5.74, 6) is 1.52. The van der Waals surface area contributed by atoms with Crippen molar-refractivity contribution in [1.29, 1.82) is 0 Å². The molecule has 3 heterocycles. The number of carbonyl (C=O) groups excluding carboxylic acids is 2. The highest BCUT2D eigenvalue weighted by Gasteiger charge is 2.40. The normalized spacial score (nSPS) is 20.7. The number of thiophene rings is 1. The molecule has 146 valence electrons. The fourth-order valence-corrected chi connectivity index (χ4v) is 5.16. The van der Waals surface area contributed by atoms with Crippen molar-refractivity contribution in [2.75, 3.05) is 25.2 Å². The third kappa shape index (κ3) is 3.18. The van der Waals surface area contributed by atoms with Crippen LogP contribution in [0.3, 0.4) is 0 Å². The number of ketones is 1. The number of anilines is 1. The molecule has 1 N–H and O–H groups in total. The van der Waals surface area contributed by atoms with Crippen molar-refractivity contribution in [3.8, 4) is 11.5 Å². The molecule has 2 aliphatic heterocycles. The van der Waals surface area contributed by atoms with Crippen LogP contribution in [0.1, 0.15) is 46.6 Å². The minimum Gasteiger partial charge on any atom is -0.454 e. The number of hydrogen-bond donors (Lipinski definition) is 1. The summed E-state index contributed by atoms with van der Waals surface area (Å²) < 4.78 is 10.7. The molecule has 6 nitrogen and oxygen atoms in total. The van der Waals surface area contributed by atoms with E-state index in [1.807, 2.05) is 11.3 Å². The zero-order valence-electron chi connectivity index (χ0n) is 15.7. The van der Waals surface area contributed by atoms with E-state index in [1.54, 1.807) is 12.1 Å². The summed E-state index contributed by atoms with van der Waals surface area (Å²) in [6.07, 6.45) is 3.45. The zero-order chi connectivity index (χ0) is 19.3. The largest absolute Gasteiger partial charge is 0.454 e. The third-order valence-corrected chi connectivity index (χ3v) is 6.70. The molecule has 0 spiro atoms. The van der Waals surface area contributed by atoms with Crippen LogP contribution in [0.25, 0.3) is 0 Å². The lowest BCUT2D eigenvalue weighted by molar-refractivity contribution is -0.118. The quantitative estimate of drug-likeness (QED) is 0.779. The Balaban J connectivity index is 1.35. The van der Waals surface area contributed by atoms with Crippen LogP contribution in [0.4, 0.5) is 5.69 Å². The van der Waals surface area contributed by atoms with Gasteiger partial charge >= 0.3 is 0 Å². The van der Waals surface area contributed by atoms with Crippen molar-refractivity contribution in [3.05, 3.63) is 39.6 Å². The van der Waals surface area contributed by atoms with E-state index >= 15 is 0 Å². The second-order valence-electron chi connectivity index (χ2n) is 7.66. The van der Waals surface area contributed by atoms with Gasteiger partial charge in [0.05, 0.1) is 12.2 Å². The first-order valence-electron chi connectivity index (χ1n) is 9.65. The second-order valence-corrected chi connectivity index (χ2v) is 8.66. The van der Waals surface area contributed by atoms with Gasteiger partial charge in [0.15, 0.2) is 17.3 Å². The van der Waals surface area contributed by atoms with Gasteiger partial charge in [0.25, 0.3) is 0 Å². The van der Waals surface area contributed by atoms with E-state index in [-0.39, 0.29) is 18.5 Å². The molecule has 1 aliphatic carbocycles. The number of carbonyl (C=O) groups is 2. The molecule has 0 radical (unpaired) electrons. The van der Waals surface area contributed by atoms with E-state index in [1.165, 1.54) is 30.2 Å². The summed E-state index contributed by atoms with van der Waals surface area (Å²) in [7, 11) is 0. The summed E-state index contributed by atoms with van der Waals surface area (Å²) in [6.45, 7) is 2.83. The molecule has 1 saturated carbocycles. The first-order valence-corrected chi connectivity index (χ1v) is 10.5. The Labute approximate surface area is 167 Å². The molecule has 1 atom stereocenters. The Morgan fingerprint density at radius 1 is 1.25 bits per heavy atom. The standard InChI is InChI=1S/C21H22N2O4S/c1-12(24)15-8-17-18(27-11-26-17)9-16(15)22-20(25)10-23-6-4-19-14(5-7-28-19)21(23)13-2-3-13/h5,7-9,13,21H,2-4,6,10-11H2,1H3,(H,22,25)/t21-/m1/s1. The Hall–Kier alpha value is -2.38. The van der Waals surface area contributed by atoms with Gasteiger partial charge in [-0.3, -0.25) is 14.5 Å². The highest BCUT2D eigenvalue weighted by atomic mass is 32.1. The first kappa shape index (κ1) is 17.7. The number of amides is 1. The number of nitrogens with zero attached hydrogens (tertiary/aromatic N) is 1. The van der Waals surface area contributed by atoms with E-state index in [4.69, 9.17) is 9.47 Å². The topological polar surface area (TPSA) is 67.9 Å². The lowest BCUT2D eigenvalue weighted by Gasteiger charge is -2.35. The molecule has 28 heavy (non-hydrogen) atoms. The summed E-state index contributed by atoms with van der Waals surface area (Å²) in [5, 5.41) is 5.09. The Kier molecular flexibility index (Phi) is 4.36. The molecule has 5 rings (SSSR count). The van der Waals surface area contributed by atoms with Gasteiger partial charge < -0.3 is 14.8 Å². The molecule has 1 aromatic heterocycles. The van der Waals surface area contributed by atoms with Gasteiger partial charge in [0.1, 0.15) is 0 Å². The molecule has 0 bridgehead atoms. The average Bonchev–Trinajstić information content (AvgIpc) is 3.20. The van der Waals surface area contributed by atoms with Gasteiger partial charge in [-0.25, -0.2) is 0 Å². The summed E-state index contributed by atoms with van der Waals surface area (Å²) in [4.78, 5) is 28.7. The Bertz CT molecular complexity index is 950. The van der Waals surface area contributed by atoms with Crippen LogP contribution in [0.15, 0.2) is 23.6 Å². The maximum atomic E-state index is 12.9. The minimum atomic E-state index is -0.120. The monoisotopic (exact) mass is 398 g/mol.